The number of aromatic nitrogens is 2. The third-order valence-electron chi connectivity index (χ3n) is 6.26. The number of carbonyl (C=O) groups excluding carboxylic acids is 3. The highest BCUT2D eigenvalue weighted by Gasteiger charge is 2.51. The fourth-order valence-corrected chi connectivity index (χ4v) is 4.69. The molecule has 2 saturated heterocycles. The first-order valence-corrected chi connectivity index (χ1v) is 10.8. The Balaban J connectivity index is 1.48. The Morgan fingerprint density at radius 2 is 1.57 bits per heavy atom. The van der Waals surface area contributed by atoms with Crippen molar-refractivity contribution in [1.29, 1.82) is 0 Å². The average molecular weight is 412 g/mol. The third kappa shape index (κ3) is 3.82. The highest BCUT2D eigenvalue weighted by Crippen LogP contribution is 2.37. The van der Waals surface area contributed by atoms with Crippen LogP contribution in [0.15, 0.2) is 30.6 Å². The van der Waals surface area contributed by atoms with Crippen molar-refractivity contribution < 1.29 is 14.4 Å². The van der Waals surface area contributed by atoms with E-state index >= 15 is 0 Å². The van der Waals surface area contributed by atoms with E-state index in [1.165, 1.54) is 4.90 Å². The summed E-state index contributed by atoms with van der Waals surface area (Å²) in [4.78, 5) is 53.3. The number of amides is 3. The van der Waals surface area contributed by atoms with E-state index in [9.17, 15) is 14.4 Å². The third-order valence-corrected chi connectivity index (χ3v) is 6.26. The van der Waals surface area contributed by atoms with Gasteiger partial charge in [-0.2, -0.15) is 0 Å². The number of imide groups is 1. The van der Waals surface area contributed by atoms with Crippen LogP contribution < -0.4 is 4.90 Å². The van der Waals surface area contributed by atoms with Crippen LogP contribution in [0.1, 0.15) is 33.1 Å². The lowest BCUT2D eigenvalue weighted by molar-refractivity contribution is -0.152. The van der Waals surface area contributed by atoms with E-state index in [-0.39, 0.29) is 35.5 Å². The fraction of sp³-hybridized carbons (Fsp3) is 0.591. The van der Waals surface area contributed by atoms with Crippen molar-refractivity contribution >= 4 is 23.7 Å². The molecule has 2 aliphatic heterocycles. The van der Waals surface area contributed by atoms with Crippen molar-refractivity contribution in [2.75, 3.05) is 31.1 Å². The summed E-state index contributed by atoms with van der Waals surface area (Å²) in [5.41, 5.74) is 0. The molecule has 0 spiro atoms. The summed E-state index contributed by atoms with van der Waals surface area (Å²) in [6, 6.07) is 1.06. The summed E-state index contributed by atoms with van der Waals surface area (Å²) >= 11 is 0. The zero-order valence-corrected chi connectivity index (χ0v) is 17.6. The first kappa shape index (κ1) is 20.5. The smallest absolute Gasteiger partial charge is 0.246 e. The molecule has 3 heterocycles. The Morgan fingerprint density at radius 1 is 1.00 bits per heavy atom. The van der Waals surface area contributed by atoms with Crippen LogP contribution >= 0.6 is 0 Å². The van der Waals surface area contributed by atoms with Crippen molar-refractivity contribution in [3.8, 4) is 0 Å². The van der Waals surface area contributed by atoms with Crippen LogP contribution in [0.2, 0.25) is 0 Å². The zero-order valence-electron chi connectivity index (χ0n) is 17.6. The quantitative estimate of drug-likeness (QED) is 0.539. The van der Waals surface area contributed by atoms with Gasteiger partial charge >= 0.3 is 0 Å². The maximum atomic E-state index is 13.5. The van der Waals surface area contributed by atoms with Gasteiger partial charge in [-0.05, 0) is 31.2 Å². The van der Waals surface area contributed by atoms with Gasteiger partial charge in [0.2, 0.25) is 23.7 Å². The van der Waals surface area contributed by atoms with Crippen molar-refractivity contribution in [3.05, 3.63) is 30.6 Å². The SMILES string of the molecule is CC(C)C[C@@H](C(=O)N1CCN(c2ncccn2)CC1)N1C(=O)[C@H]2CC=CC[C@H]2C1=O. The molecule has 1 aliphatic carbocycles. The van der Waals surface area contributed by atoms with Gasteiger partial charge in [0.25, 0.3) is 0 Å². The number of allylic oxidation sites excluding steroid dienone is 2. The lowest BCUT2D eigenvalue weighted by Gasteiger charge is -2.38. The molecule has 3 aliphatic rings. The van der Waals surface area contributed by atoms with Crippen LogP contribution in [0, 0.1) is 17.8 Å². The Morgan fingerprint density at radius 3 is 2.10 bits per heavy atom. The number of carbonyl (C=O) groups is 3. The highest BCUT2D eigenvalue weighted by atomic mass is 16.2. The summed E-state index contributed by atoms with van der Waals surface area (Å²) in [5, 5.41) is 0. The van der Waals surface area contributed by atoms with E-state index in [0.717, 1.165) is 0 Å². The van der Waals surface area contributed by atoms with E-state index < -0.39 is 6.04 Å². The molecule has 0 radical (unpaired) electrons. The predicted molar refractivity (Wildman–Crippen MR) is 111 cm³/mol. The van der Waals surface area contributed by atoms with Gasteiger partial charge in [-0.3, -0.25) is 19.3 Å². The monoisotopic (exact) mass is 411 g/mol. The molecule has 8 nitrogen and oxygen atoms in total. The van der Waals surface area contributed by atoms with Crippen LogP contribution in [0.25, 0.3) is 0 Å². The number of hydrogen-bond acceptors (Lipinski definition) is 6. The van der Waals surface area contributed by atoms with Gasteiger partial charge in [-0.1, -0.05) is 26.0 Å². The van der Waals surface area contributed by atoms with Crippen molar-refractivity contribution in [2.24, 2.45) is 17.8 Å². The molecule has 160 valence electrons. The first-order chi connectivity index (χ1) is 14.5. The van der Waals surface area contributed by atoms with Gasteiger partial charge in [0, 0.05) is 38.6 Å². The van der Waals surface area contributed by atoms with Gasteiger partial charge < -0.3 is 9.80 Å². The van der Waals surface area contributed by atoms with Crippen LogP contribution in [0.5, 0.6) is 0 Å². The van der Waals surface area contributed by atoms with E-state index in [1.807, 2.05) is 30.9 Å². The average Bonchev–Trinajstić information content (AvgIpc) is 3.02. The summed E-state index contributed by atoms with van der Waals surface area (Å²) in [6.45, 7) is 6.34. The van der Waals surface area contributed by atoms with Gasteiger partial charge in [0.1, 0.15) is 6.04 Å². The number of anilines is 1. The summed E-state index contributed by atoms with van der Waals surface area (Å²) < 4.78 is 0. The fourth-order valence-electron chi connectivity index (χ4n) is 4.69. The van der Waals surface area contributed by atoms with Crippen LogP contribution in [-0.4, -0.2) is 69.7 Å². The number of hydrogen-bond donors (Lipinski definition) is 0. The maximum Gasteiger partial charge on any atom is 0.246 e. The molecule has 0 bridgehead atoms. The van der Waals surface area contributed by atoms with E-state index in [2.05, 4.69) is 9.97 Å². The van der Waals surface area contributed by atoms with E-state index in [1.54, 1.807) is 23.4 Å². The molecule has 2 fully saturated rings. The molecule has 1 aromatic heterocycles. The molecule has 3 atom stereocenters. The van der Waals surface area contributed by atoms with Gasteiger partial charge in [0.05, 0.1) is 11.8 Å². The number of fused-ring (bicyclic) bond motifs is 1. The zero-order chi connectivity index (χ0) is 21.3. The lowest BCUT2D eigenvalue weighted by Crippen LogP contribution is -2.56. The minimum atomic E-state index is -0.713. The molecular weight excluding hydrogens is 382 g/mol. The molecule has 30 heavy (non-hydrogen) atoms. The van der Waals surface area contributed by atoms with Gasteiger partial charge in [-0.15, -0.1) is 0 Å². The van der Waals surface area contributed by atoms with E-state index in [4.69, 9.17) is 0 Å². The maximum absolute atomic E-state index is 13.5. The highest BCUT2D eigenvalue weighted by molar-refractivity contribution is 6.08. The molecule has 0 aromatic carbocycles. The first-order valence-electron chi connectivity index (χ1n) is 10.8. The molecule has 3 amide bonds. The Kier molecular flexibility index (Phi) is 5.83. The minimum absolute atomic E-state index is 0.120. The largest absolute Gasteiger partial charge is 0.337 e. The molecule has 1 aromatic rings. The Labute approximate surface area is 176 Å². The van der Waals surface area contributed by atoms with Crippen LogP contribution in [0.3, 0.4) is 0 Å². The number of likely N-dealkylation sites (tertiary alicyclic amines) is 1. The second kappa shape index (κ2) is 8.53. The summed E-state index contributed by atoms with van der Waals surface area (Å²) in [6.07, 6.45) is 9.02. The minimum Gasteiger partial charge on any atom is -0.337 e. The topological polar surface area (TPSA) is 86.7 Å². The molecule has 0 saturated carbocycles. The van der Waals surface area contributed by atoms with Crippen LogP contribution in [-0.2, 0) is 14.4 Å². The Hall–Kier alpha value is -2.77. The number of nitrogens with zero attached hydrogens (tertiary/aromatic N) is 5. The lowest BCUT2D eigenvalue weighted by atomic mass is 9.85. The standard InChI is InChI=1S/C22H29N5O3/c1-15(2)14-18(27-19(28)16-6-3-4-7-17(16)20(27)29)21(30)25-10-12-26(13-11-25)22-23-8-5-9-24-22/h3-5,8-9,15-18H,6-7,10-14H2,1-2H3/t16-,17+,18-/m0/s1. The van der Waals surface area contributed by atoms with Crippen molar-refractivity contribution in [1.82, 2.24) is 19.8 Å². The molecule has 0 unspecified atom stereocenters. The molecule has 4 rings (SSSR count). The molecular formula is C22H29N5O3. The molecule has 0 N–H and O–H groups in total. The van der Waals surface area contributed by atoms with E-state index in [0.29, 0.717) is 51.4 Å². The van der Waals surface area contributed by atoms with Gasteiger partial charge in [0.15, 0.2) is 0 Å². The summed E-state index contributed by atoms with van der Waals surface area (Å²) in [5.74, 6) is -0.238. The van der Waals surface area contributed by atoms with Crippen molar-refractivity contribution in [3.63, 3.8) is 0 Å². The van der Waals surface area contributed by atoms with Gasteiger partial charge in [-0.25, -0.2) is 9.97 Å². The second-order valence-electron chi connectivity index (χ2n) is 8.71. The normalized spacial score (nSPS) is 25.1. The van der Waals surface area contributed by atoms with Crippen LogP contribution in [0.4, 0.5) is 5.95 Å². The summed E-state index contributed by atoms with van der Waals surface area (Å²) in [7, 11) is 0. The van der Waals surface area contributed by atoms with Crippen molar-refractivity contribution in [2.45, 2.75) is 39.2 Å². The number of piperazine rings is 1. The number of rotatable bonds is 5. The second-order valence-corrected chi connectivity index (χ2v) is 8.71. The molecule has 8 heteroatoms. The predicted octanol–water partition coefficient (Wildman–Crippen LogP) is 1.49. The Bertz CT molecular complexity index is 806.